The van der Waals surface area contributed by atoms with Gasteiger partial charge in [0, 0.05) is 63.6 Å². The van der Waals surface area contributed by atoms with Crippen molar-refractivity contribution in [1.29, 1.82) is 0 Å². The van der Waals surface area contributed by atoms with E-state index in [4.69, 9.17) is 4.98 Å². The topological polar surface area (TPSA) is 84.0 Å². The number of nitrogens with one attached hydrogen (secondary N) is 2. The molecule has 1 aliphatic carbocycles. The fraction of sp³-hybridized carbons (Fsp3) is 0.567. The van der Waals surface area contributed by atoms with E-state index in [1.54, 1.807) is 4.90 Å². The number of aromatic nitrogens is 1. The standard InChI is InChI=1S/C30H43N7O2/c1-4-35-17-19-36(20-18-35)16-15-31-29(38)23-9-8-10-24(21-23)32-27-14-13-26-28(33-27)37(22(2)30(39)34(26)3)25-11-6-5-7-12-25/h8-10,13-14,21-22,25H,4-7,11-12,15-20H2,1-3H3,(H,31,38)(H,32,33)/t22-/m1/s1. The van der Waals surface area contributed by atoms with Crippen LogP contribution in [0.15, 0.2) is 36.4 Å². The zero-order chi connectivity index (χ0) is 27.4. The maximum atomic E-state index is 13.0. The molecule has 1 atom stereocenters. The normalized spacial score (nSPS) is 21.1. The minimum Gasteiger partial charge on any atom is -0.351 e. The Bertz CT molecular complexity index is 1160. The lowest BCUT2D eigenvalue weighted by atomic mass is 9.92. The second-order valence-corrected chi connectivity index (χ2v) is 11.0. The number of carbonyl (C=O) groups is 2. The van der Waals surface area contributed by atoms with Crippen LogP contribution in [0.4, 0.5) is 23.0 Å². The number of hydrogen-bond donors (Lipinski definition) is 2. The van der Waals surface area contributed by atoms with Gasteiger partial charge in [0.05, 0.1) is 5.69 Å². The number of anilines is 4. The van der Waals surface area contributed by atoms with Crippen molar-refractivity contribution in [2.75, 3.05) is 68.0 Å². The molecule has 210 valence electrons. The first-order valence-corrected chi connectivity index (χ1v) is 14.6. The van der Waals surface area contributed by atoms with Crippen molar-refractivity contribution < 1.29 is 9.59 Å². The molecule has 3 aliphatic rings. The van der Waals surface area contributed by atoms with E-state index in [9.17, 15) is 9.59 Å². The molecule has 9 nitrogen and oxygen atoms in total. The number of fused-ring (bicyclic) bond motifs is 1. The summed E-state index contributed by atoms with van der Waals surface area (Å²) in [6.45, 7) is 11.1. The van der Waals surface area contributed by atoms with Gasteiger partial charge in [0.1, 0.15) is 11.9 Å². The minimum atomic E-state index is -0.240. The van der Waals surface area contributed by atoms with Gasteiger partial charge in [0.25, 0.3) is 5.91 Å². The average Bonchev–Trinajstić information content (AvgIpc) is 2.97. The molecule has 0 spiro atoms. The lowest BCUT2D eigenvalue weighted by molar-refractivity contribution is -0.119. The number of hydrogen-bond acceptors (Lipinski definition) is 7. The van der Waals surface area contributed by atoms with E-state index < -0.39 is 0 Å². The molecule has 39 heavy (non-hydrogen) atoms. The first-order chi connectivity index (χ1) is 18.9. The Morgan fingerprint density at radius 2 is 1.77 bits per heavy atom. The lowest BCUT2D eigenvalue weighted by Crippen LogP contribution is -2.55. The van der Waals surface area contributed by atoms with Crippen molar-refractivity contribution >= 4 is 34.8 Å². The van der Waals surface area contributed by atoms with Crippen LogP contribution < -0.4 is 20.4 Å². The Balaban J connectivity index is 1.25. The highest BCUT2D eigenvalue weighted by molar-refractivity contribution is 6.04. The smallest absolute Gasteiger partial charge is 0.251 e. The Kier molecular flexibility index (Phi) is 8.67. The van der Waals surface area contributed by atoms with Crippen molar-refractivity contribution in [1.82, 2.24) is 20.1 Å². The zero-order valence-corrected chi connectivity index (χ0v) is 23.7. The van der Waals surface area contributed by atoms with Gasteiger partial charge in [-0.3, -0.25) is 14.5 Å². The van der Waals surface area contributed by atoms with E-state index in [0.29, 0.717) is 24.0 Å². The predicted molar refractivity (Wildman–Crippen MR) is 157 cm³/mol. The summed E-state index contributed by atoms with van der Waals surface area (Å²) in [4.78, 5) is 39.7. The summed E-state index contributed by atoms with van der Waals surface area (Å²) < 4.78 is 0. The third kappa shape index (κ3) is 6.20. The van der Waals surface area contributed by atoms with E-state index in [0.717, 1.165) is 69.3 Å². The number of likely N-dealkylation sites (N-methyl/N-ethyl adjacent to an activating group) is 2. The molecule has 1 saturated heterocycles. The summed E-state index contributed by atoms with van der Waals surface area (Å²) in [5.74, 6) is 1.60. The molecule has 9 heteroatoms. The highest BCUT2D eigenvalue weighted by Gasteiger charge is 2.38. The van der Waals surface area contributed by atoms with E-state index in [1.807, 2.05) is 50.4 Å². The summed E-state index contributed by atoms with van der Waals surface area (Å²) in [7, 11) is 1.83. The third-order valence-corrected chi connectivity index (χ3v) is 8.56. The molecule has 5 rings (SSSR count). The van der Waals surface area contributed by atoms with Gasteiger partial charge in [-0.2, -0.15) is 0 Å². The predicted octanol–water partition coefficient (Wildman–Crippen LogP) is 3.70. The van der Waals surface area contributed by atoms with E-state index in [2.05, 4.69) is 32.3 Å². The molecule has 2 aliphatic heterocycles. The Morgan fingerprint density at radius 1 is 1.03 bits per heavy atom. The summed E-state index contributed by atoms with van der Waals surface area (Å²) in [6, 6.07) is 11.5. The maximum Gasteiger partial charge on any atom is 0.251 e. The summed E-state index contributed by atoms with van der Waals surface area (Å²) in [5.41, 5.74) is 2.28. The van der Waals surface area contributed by atoms with Gasteiger partial charge in [-0.15, -0.1) is 0 Å². The van der Waals surface area contributed by atoms with E-state index >= 15 is 0 Å². The van der Waals surface area contributed by atoms with Gasteiger partial charge in [0.2, 0.25) is 5.91 Å². The van der Waals surface area contributed by atoms with Gasteiger partial charge >= 0.3 is 0 Å². The van der Waals surface area contributed by atoms with Crippen LogP contribution in [0.1, 0.15) is 56.3 Å². The van der Waals surface area contributed by atoms with Crippen LogP contribution in [0, 0.1) is 0 Å². The first kappa shape index (κ1) is 27.4. The highest BCUT2D eigenvalue weighted by atomic mass is 16.2. The number of rotatable bonds is 8. The summed E-state index contributed by atoms with van der Waals surface area (Å²) in [6.07, 6.45) is 5.82. The van der Waals surface area contributed by atoms with Gasteiger partial charge in [-0.05, 0) is 56.6 Å². The molecular formula is C30H43N7O2. The fourth-order valence-corrected chi connectivity index (χ4v) is 6.16. The molecule has 2 amide bonds. The zero-order valence-electron chi connectivity index (χ0n) is 23.7. The van der Waals surface area contributed by atoms with Crippen LogP contribution in [0.25, 0.3) is 0 Å². The number of benzene rings is 1. The molecular weight excluding hydrogens is 490 g/mol. The van der Waals surface area contributed by atoms with E-state index in [1.165, 1.54) is 19.3 Å². The Hall–Kier alpha value is -3.17. The van der Waals surface area contributed by atoms with Crippen LogP contribution in [0.2, 0.25) is 0 Å². The second kappa shape index (κ2) is 12.3. The van der Waals surface area contributed by atoms with Crippen LogP contribution in [0.3, 0.4) is 0 Å². The number of pyridine rings is 1. The number of carbonyl (C=O) groups excluding carboxylic acids is 2. The Labute approximate surface area is 232 Å². The molecule has 1 aromatic heterocycles. The van der Waals surface area contributed by atoms with Gasteiger partial charge in [-0.1, -0.05) is 32.3 Å². The highest BCUT2D eigenvalue weighted by Crippen LogP contribution is 2.39. The van der Waals surface area contributed by atoms with Gasteiger partial charge in [-0.25, -0.2) is 4.98 Å². The third-order valence-electron chi connectivity index (χ3n) is 8.56. The molecule has 2 fully saturated rings. The van der Waals surface area contributed by atoms with E-state index in [-0.39, 0.29) is 17.9 Å². The first-order valence-electron chi connectivity index (χ1n) is 14.6. The quantitative estimate of drug-likeness (QED) is 0.535. The second-order valence-electron chi connectivity index (χ2n) is 11.0. The maximum absolute atomic E-state index is 13.0. The fourth-order valence-electron chi connectivity index (χ4n) is 6.16. The van der Waals surface area contributed by atoms with Crippen molar-refractivity contribution in [3.63, 3.8) is 0 Å². The van der Waals surface area contributed by atoms with Crippen LogP contribution in [0.5, 0.6) is 0 Å². The number of piperazine rings is 1. The SMILES string of the molecule is CCN1CCN(CCNC(=O)c2cccc(Nc3ccc4c(n3)N(C3CCCCC3)[C@H](C)C(=O)N4C)c2)CC1. The minimum absolute atomic E-state index is 0.0679. The largest absolute Gasteiger partial charge is 0.351 e. The molecule has 0 bridgehead atoms. The van der Waals surface area contributed by atoms with Crippen molar-refractivity contribution in [3.05, 3.63) is 42.0 Å². The molecule has 2 N–H and O–H groups in total. The summed E-state index contributed by atoms with van der Waals surface area (Å²) >= 11 is 0. The Morgan fingerprint density at radius 3 is 2.51 bits per heavy atom. The van der Waals surface area contributed by atoms with Crippen LogP contribution in [-0.4, -0.2) is 91.5 Å². The molecule has 0 radical (unpaired) electrons. The van der Waals surface area contributed by atoms with Gasteiger partial charge < -0.3 is 25.3 Å². The lowest BCUT2D eigenvalue weighted by Gasteiger charge is -2.44. The number of nitrogens with zero attached hydrogens (tertiary/aromatic N) is 5. The van der Waals surface area contributed by atoms with Crippen molar-refractivity contribution in [2.24, 2.45) is 0 Å². The van der Waals surface area contributed by atoms with Crippen molar-refractivity contribution in [3.8, 4) is 0 Å². The molecule has 3 heterocycles. The van der Waals surface area contributed by atoms with Crippen LogP contribution in [-0.2, 0) is 4.79 Å². The van der Waals surface area contributed by atoms with Crippen molar-refractivity contribution in [2.45, 2.75) is 58.0 Å². The van der Waals surface area contributed by atoms with Crippen LogP contribution >= 0.6 is 0 Å². The molecule has 1 saturated carbocycles. The summed E-state index contributed by atoms with van der Waals surface area (Å²) in [5, 5.41) is 6.47. The molecule has 0 unspecified atom stereocenters. The monoisotopic (exact) mass is 533 g/mol. The number of amides is 2. The van der Waals surface area contributed by atoms with Gasteiger partial charge in [0.15, 0.2) is 5.82 Å². The molecule has 1 aromatic carbocycles. The average molecular weight is 534 g/mol. The molecule has 2 aromatic rings.